The van der Waals surface area contributed by atoms with Gasteiger partial charge >= 0.3 is 0 Å². The fourth-order valence-corrected chi connectivity index (χ4v) is 5.95. The van der Waals surface area contributed by atoms with Crippen LogP contribution >= 0.6 is 31.9 Å². The third kappa shape index (κ3) is 5.55. The van der Waals surface area contributed by atoms with Gasteiger partial charge in [0.1, 0.15) is 24.0 Å². The maximum atomic E-state index is 13.3. The second-order valence-corrected chi connectivity index (χ2v) is 11.6. The number of halogens is 2. The van der Waals surface area contributed by atoms with Crippen LogP contribution in [0.25, 0.3) is 0 Å². The number of carbonyl (C=O) groups is 1. The fourth-order valence-electron chi connectivity index (χ4n) is 3.82. The third-order valence-corrected chi connectivity index (χ3v) is 8.73. The highest BCUT2D eigenvalue weighted by molar-refractivity contribution is 9.10. The van der Waals surface area contributed by atoms with Gasteiger partial charge in [0, 0.05) is 27.6 Å². The van der Waals surface area contributed by atoms with E-state index < -0.39 is 15.9 Å². The van der Waals surface area contributed by atoms with E-state index in [-0.39, 0.29) is 23.1 Å². The molecule has 0 saturated heterocycles. The van der Waals surface area contributed by atoms with E-state index in [0.29, 0.717) is 30.3 Å². The molecule has 0 saturated carbocycles. The van der Waals surface area contributed by atoms with Crippen molar-refractivity contribution in [2.45, 2.75) is 24.7 Å². The van der Waals surface area contributed by atoms with Gasteiger partial charge in [-0.25, -0.2) is 8.42 Å². The Bertz CT molecular complexity index is 1340. The van der Waals surface area contributed by atoms with Crippen molar-refractivity contribution >= 4 is 53.5 Å². The molecule has 0 aliphatic carbocycles. The summed E-state index contributed by atoms with van der Waals surface area (Å²) in [6.45, 7) is 4.43. The van der Waals surface area contributed by atoms with Gasteiger partial charge in [0.2, 0.25) is 15.9 Å². The van der Waals surface area contributed by atoms with E-state index in [2.05, 4.69) is 37.2 Å². The summed E-state index contributed by atoms with van der Waals surface area (Å²) in [6.07, 6.45) is 0. The van der Waals surface area contributed by atoms with Crippen molar-refractivity contribution < 1.29 is 22.7 Å². The third-order valence-electron chi connectivity index (χ3n) is 5.66. The smallest absolute Gasteiger partial charge is 0.243 e. The molecule has 0 fully saturated rings. The molecule has 1 atom stereocenters. The number of carbonyl (C=O) groups excluding carboxylic acids is 1. The molecule has 1 aliphatic rings. The first-order valence-electron chi connectivity index (χ1n) is 11.0. The molecule has 0 spiro atoms. The summed E-state index contributed by atoms with van der Waals surface area (Å²) in [7, 11) is -3.74. The Morgan fingerprint density at radius 3 is 2.40 bits per heavy atom. The molecule has 1 amide bonds. The molecule has 1 N–H and O–H groups in total. The average molecular weight is 624 g/mol. The molecule has 1 aliphatic heterocycles. The normalized spacial score (nSPS) is 14.9. The van der Waals surface area contributed by atoms with Gasteiger partial charge in [0.25, 0.3) is 0 Å². The molecular formula is C25H24Br2N2O5S. The van der Waals surface area contributed by atoms with Crippen LogP contribution in [0.5, 0.6) is 17.2 Å². The fraction of sp³-hybridized carbons (Fsp3) is 0.240. The maximum absolute atomic E-state index is 13.3. The van der Waals surface area contributed by atoms with Gasteiger partial charge in [-0.2, -0.15) is 4.31 Å². The van der Waals surface area contributed by atoms with Gasteiger partial charge in [-0.15, -0.1) is 0 Å². The highest BCUT2D eigenvalue weighted by Crippen LogP contribution is 2.38. The van der Waals surface area contributed by atoms with Gasteiger partial charge in [-0.05, 0) is 60.7 Å². The Labute approximate surface area is 221 Å². The number of hydrogen-bond acceptors (Lipinski definition) is 5. The molecule has 35 heavy (non-hydrogen) atoms. The van der Waals surface area contributed by atoms with Crippen molar-refractivity contribution in [2.24, 2.45) is 0 Å². The summed E-state index contributed by atoms with van der Waals surface area (Å²) in [4.78, 5) is 13.4. The predicted octanol–water partition coefficient (Wildman–Crippen LogP) is 6.15. The number of ether oxygens (including phenoxy) is 2. The van der Waals surface area contributed by atoms with Crippen LogP contribution < -0.4 is 14.8 Å². The lowest BCUT2D eigenvalue weighted by Gasteiger charge is -2.20. The number of sulfonamides is 1. The molecule has 184 valence electrons. The van der Waals surface area contributed by atoms with Gasteiger partial charge in [-0.1, -0.05) is 45.7 Å². The van der Waals surface area contributed by atoms with Crippen LogP contribution in [0.4, 0.5) is 5.69 Å². The van der Waals surface area contributed by atoms with E-state index >= 15 is 0 Å². The Balaban J connectivity index is 1.70. The van der Waals surface area contributed by atoms with E-state index in [4.69, 9.17) is 9.47 Å². The van der Waals surface area contributed by atoms with Crippen LogP contribution in [0.2, 0.25) is 0 Å². The average Bonchev–Trinajstić information content (AvgIpc) is 3.25. The number of amides is 1. The first-order chi connectivity index (χ1) is 16.7. The molecule has 0 bridgehead atoms. The monoisotopic (exact) mass is 622 g/mol. The summed E-state index contributed by atoms with van der Waals surface area (Å²) in [5.41, 5.74) is 1.02. The Morgan fingerprint density at radius 1 is 1.03 bits per heavy atom. The van der Waals surface area contributed by atoms with Crippen molar-refractivity contribution in [1.29, 1.82) is 0 Å². The minimum absolute atomic E-state index is 0.0745. The van der Waals surface area contributed by atoms with Crippen LogP contribution in [0.15, 0.2) is 74.5 Å². The summed E-state index contributed by atoms with van der Waals surface area (Å²) in [6, 6.07) is 17.2. The first-order valence-corrected chi connectivity index (χ1v) is 14.1. The van der Waals surface area contributed by atoms with Gasteiger partial charge in [-0.3, -0.25) is 4.79 Å². The number of fused-ring (bicyclic) bond motifs is 1. The van der Waals surface area contributed by atoms with Crippen molar-refractivity contribution in [3.63, 3.8) is 0 Å². The van der Waals surface area contributed by atoms with Crippen LogP contribution in [-0.4, -0.2) is 38.3 Å². The van der Waals surface area contributed by atoms with E-state index in [1.807, 2.05) is 30.3 Å². The van der Waals surface area contributed by atoms with Crippen molar-refractivity contribution in [1.82, 2.24) is 4.31 Å². The predicted molar refractivity (Wildman–Crippen MR) is 142 cm³/mol. The van der Waals surface area contributed by atoms with Crippen LogP contribution in [0.1, 0.15) is 25.3 Å². The van der Waals surface area contributed by atoms with Crippen molar-refractivity contribution in [3.05, 3.63) is 75.2 Å². The van der Waals surface area contributed by atoms with Crippen LogP contribution in [-0.2, 0) is 14.8 Å². The summed E-state index contributed by atoms with van der Waals surface area (Å²) in [5.74, 6) is 0.651. The molecule has 1 heterocycles. The lowest BCUT2D eigenvalue weighted by atomic mass is 10.0. The number of nitrogens with one attached hydrogen (secondary N) is 1. The Kier molecular flexibility index (Phi) is 7.85. The Hall–Kier alpha value is -2.40. The summed E-state index contributed by atoms with van der Waals surface area (Å²) in [5, 5.41) is 2.88. The van der Waals surface area contributed by atoms with E-state index in [9.17, 15) is 13.2 Å². The SMILES string of the molecule is CCN(CC)S(=O)(=O)c1ccc(Oc2ccc(Br)cc2)c(NC(=O)C2COc3ccc(Br)cc32)c1. The lowest BCUT2D eigenvalue weighted by Crippen LogP contribution is -2.30. The maximum Gasteiger partial charge on any atom is 0.243 e. The minimum Gasteiger partial charge on any atom is -0.492 e. The van der Waals surface area contributed by atoms with E-state index in [1.54, 1.807) is 32.0 Å². The van der Waals surface area contributed by atoms with E-state index in [0.717, 1.165) is 14.5 Å². The number of anilines is 1. The van der Waals surface area contributed by atoms with Gasteiger partial charge < -0.3 is 14.8 Å². The zero-order valence-electron chi connectivity index (χ0n) is 19.1. The molecular weight excluding hydrogens is 600 g/mol. The quantitative estimate of drug-likeness (QED) is 0.325. The summed E-state index contributed by atoms with van der Waals surface area (Å²) >= 11 is 6.83. The zero-order chi connectivity index (χ0) is 25.2. The second kappa shape index (κ2) is 10.7. The molecule has 0 radical (unpaired) electrons. The molecule has 10 heteroatoms. The molecule has 7 nitrogen and oxygen atoms in total. The Morgan fingerprint density at radius 2 is 1.71 bits per heavy atom. The van der Waals surface area contributed by atoms with Crippen LogP contribution in [0, 0.1) is 0 Å². The molecule has 1 unspecified atom stereocenters. The standard InChI is InChI=1S/C25H24Br2N2O5S/c1-3-29(4-2)35(31,32)19-10-12-24(34-18-8-5-16(26)6-9-18)22(14-19)28-25(30)21-15-33-23-11-7-17(27)13-20(21)23/h5-14,21H,3-4,15H2,1-2H3,(H,28,30). The number of rotatable bonds is 8. The minimum atomic E-state index is -3.74. The molecule has 3 aromatic carbocycles. The van der Waals surface area contributed by atoms with Crippen molar-refractivity contribution in [3.8, 4) is 17.2 Å². The first kappa shape index (κ1) is 25.7. The summed E-state index contributed by atoms with van der Waals surface area (Å²) < 4.78 is 41.1. The van der Waals surface area contributed by atoms with Crippen LogP contribution in [0.3, 0.4) is 0 Å². The zero-order valence-corrected chi connectivity index (χ0v) is 23.1. The highest BCUT2D eigenvalue weighted by atomic mass is 79.9. The van der Waals surface area contributed by atoms with Gasteiger partial charge in [0.05, 0.1) is 10.6 Å². The number of hydrogen-bond donors (Lipinski definition) is 1. The van der Waals surface area contributed by atoms with Gasteiger partial charge in [0.15, 0.2) is 5.75 Å². The lowest BCUT2D eigenvalue weighted by molar-refractivity contribution is -0.117. The largest absolute Gasteiger partial charge is 0.492 e. The van der Waals surface area contributed by atoms with Crippen molar-refractivity contribution in [2.75, 3.05) is 25.0 Å². The highest BCUT2D eigenvalue weighted by Gasteiger charge is 2.32. The molecule has 3 aromatic rings. The topological polar surface area (TPSA) is 84.9 Å². The number of benzene rings is 3. The molecule has 0 aromatic heterocycles. The van der Waals surface area contributed by atoms with E-state index in [1.165, 1.54) is 16.4 Å². The second-order valence-electron chi connectivity index (χ2n) is 7.84. The number of nitrogens with zero attached hydrogens (tertiary/aromatic N) is 1. The molecule has 4 rings (SSSR count).